The SMILES string of the molecule is Fc1ccc([Si](c2ccc(F)cc2)(c2ccc(F)cc2)c2ccc(-c3ccc4ccncc4c3)cc2)cc1. The highest BCUT2D eigenvalue weighted by molar-refractivity contribution is 7.19. The van der Waals surface area contributed by atoms with Gasteiger partial charge in [-0.1, -0.05) is 72.8 Å². The van der Waals surface area contributed by atoms with Gasteiger partial charge in [-0.3, -0.25) is 4.98 Å². The molecule has 0 aliphatic heterocycles. The van der Waals surface area contributed by atoms with Crippen molar-refractivity contribution in [2.24, 2.45) is 0 Å². The number of fused-ring (bicyclic) bond motifs is 1. The molecule has 5 heteroatoms. The zero-order chi connectivity index (χ0) is 26.1. The van der Waals surface area contributed by atoms with Crippen molar-refractivity contribution in [3.05, 3.63) is 151 Å². The normalized spacial score (nSPS) is 11.6. The lowest BCUT2D eigenvalue weighted by atomic mass is 10.0. The Kier molecular flexibility index (Phi) is 6.14. The molecule has 6 aromatic rings. The average Bonchev–Trinajstić information content (AvgIpc) is 2.96. The lowest BCUT2D eigenvalue weighted by Crippen LogP contribution is -2.74. The van der Waals surface area contributed by atoms with Gasteiger partial charge in [0.05, 0.1) is 0 Å². The summed E-state index contributed by atoms with van der Waals surface area (Å²) in [5.41, 5.74) is 2.11. The Morgan fingerprint density at radius 2 is 0.842 bits per heavy atom. The molecule has 0 atom stereocenters. The molecular formula is C33H22F3NSi. The van der Waals surface area contributed by atoms with E-state index in [4.69, 9.17) is 0 Å². The molecule has 0 bridgehead atoms. The van der Waals surface area contributed by atoms with Crippen molar-refractivity contribution in [2.75, 3.05) is 0 Å². The minimum absolute atomic E-state index is 0.337. The molecule has 1 heterocycles. The van der Waals surface area contributed by atoms with Crippen molar-refractivity contribution in [1.29, 1.82) is 0 Å². The van der Waals surface area contributed by atoms with Crippen LogP contribution in [0.4, 0.5) is 13.2 Å². The Morgan fingerprint density at radius 1 is 0.421 bits per heavy atom. The number of hydrogen-bond acceptors (Lipinski definition) is 1. The van der Waals surface area contributed by atoms with Gasteiger partial charge < -0.3 is 0 Å². The molecule has 0 aliphatic carbocycles. The van der Waals surface area contributed by atoms with E-state index in [2.05, 4.69) is 47.4 Å². The number of pyridine rings is 1. The van der Waals surface area contributed by atoms with Crippen LogP contribution in [0.15, 0.2) is 134 Å². The maximum atomic E-state index is 14.1. The average molecular weight is 518 g/mol. The summed E-state index contributed by atoms with van der Waals surface area (Å²) in [5.74, 6) is -1.01. The Bertz CT molecular complexity index is 1600. The summed E-state index contributed by atoms with van der Waals surface area (Å²) in [5, 5.41) is 5.95. The van der Waals surface area contributed by atoms with Gasteiger partial charge in [-0.25, -0.2) is 13.2 Å². The monoisotopic (exact) mass is 517 g/mol. The van der Waals surface area contributed by atoms with Gasteiger partial charge in [0.1, 0.15) is 17.5 Å². The number of hydrogen-bond donors (Lipinski definition) is 0. The summed E-state index contributed by atoms with van der Waals surface area (Å²) in [6.07, 6.45) is 3.63. The van der Waals surface area contributed by atoms with Crippen molar-refractivity contribution in [3.8, 4) is 11.1 Å². The molecule has 0 saturated heterocycles. The summed E-state index contributed by atoms with van der Waals surface area (Å²) in [6, 6.07) is 36.0. The van der Waals surface area contributed by atoms with E-state index >= 15 is 0 Å². The third-order valence-corrected chi connectivity index (χ3v) is 11.9. The minimum atomic E-state index is -3.05. The van der Waals surface area contributed by atoms with E-state index in [9.17, 15) is 13.2 Å². The summed E-state index contributed by atoms with van der Waals surface area (Å²) in [6.45, 7) is 0. The van der Waals surface area contributed by atoms with E-state index in [1.807, 2.05) is 12.3 Å². The summed E-state index contributed by atoms with van der Waals surface area (Å²) in [4.78, 5) is 4.24. The Hall–Kier alpha value is -4.48. The van der Waals surface area contributed by atoms with Crippen LogP contribution in [0.2, 0.25) is 0 Å². The van der Waals surface area contributed by atoms with Crippen molar-refractivity contribution in [3.63, 3.8) is 0 Å². The lowest BCUT2D eigenvalue weighted by Gasteiger charge is -2.34. The molecule has 0 spiro atoms. The predicted octanol–water partition coefficient (Wildman–Crippen LogP) is 5.70. The molecule has 5 aromatic carbocycles. The van der Waals surface area contributed by atoms with Crippen molar-refractivity contribution in [1.82, 2.24) is 4.98 Å². The zero-order valence-electron chi connectivity index (χ0n) is 20.3. The molecule has 0 aliphatic rings. The van der Waals surface area contributed by atoms with Gasteiger partial charge in [0.15, 0.2) is 8.07 Å². The standard InChI is InChI=1S/C33H22F3NSi/c34-27-5-13-31(14-6-27)38(32-15-7-28(35)8-16-32,33-17-9-29(36)10-18-33)30-11-3-23(4-12-30)25-2-1-24-19-20-37-22-26(24)21-25/h1-22H. The molecule has 0 radical (unpaired) electrons. The first-order chi connectivity index (χ1) is 18.5. The van der Waals surface area contributed by atoms with Crippen LogP contribution >= 0.6 is 0 Å². The molecule has 0 saturated carbocycles. The number of aromatic nitrogens is 1. The van der Waals surface area contributed by atoms with E-state index in [1.54, 1.807) is 42.6 Å². The molecule has 0 unspecified atom stereocenters. The Labute approximate surface area is 219 Å². The van der Waals surface area contributed by atoms with E-state index in [0.717, 1.165) is 42.6 Å². The van der Waals surface area contributed by atoms with Crippen LogP contribution < -0.4 is 20.7 Å². The van der Waals surface area contributed by atoms with E-state index in [-0.39, 0.29) is 17.5 Å². The molecule has 0 N–H and O–H groups in total. The number of benzene rings is 5. The van der Waals surface area contributed by atoms with E-state index < -0.39 is 8.07 Å². The summed E-state index contributed by atoms with van der Waals surface area (Å²) < 4.78 is 42.2. The number of halogens is 3. The maximum absolute atomic E-state index is 14.1. The van der Waals surface area contributed by atoms with E-state index in [0.29, 0.717) is 0 Å². The van der Waals surface area contributed by atoms with Gasteiger partial charge in [-0.05, 0) is 85.8 Å². The summed E-state index contributed by atoms with van der Waals surface area (Å²) >= 11 is 0. The Balaban J connectivity index is 1.58. The largest absolute Gasteiger partial charge is 0.264 e. The molecule has 6 rings (SSSR count). The molecule has 1 aromatic heterocycles. The molecule has 1 nitrogen and oxygen atoms in total. The molecule has 0 amide bonds. The third kappa shape index (κ3) is 4.21. The highest BCUT2D eigenvalue weighted by Crippen LogP contribution is 2.24. The molecule has 184 valence electrons. The second-order valence-electron chi connectivity index (χ2n) is 9.29. The second-order valence-corrected chi connectivity index (χ2v) is 13.1. The first kappa shape index (κ1) is 23.9. The van der Waals surface area contributed by atoms with E-state index in [1.165, 1.54) is 36.4 Å². The fourth-order valence-corrected chi connectivity index (χ4v) is 9.94. The van der Waals surface area contributed by atoms with Crippen LogP contribution in [0.3, 0.4) is 0 Å². The van der Waals surface area contributed by atoms with Gasteiger partial charge in [0.25, 0.3) is 0 Å². The summed E-state index contributed by atoms with van der Waals surface area (Å²) in [7, 11) is -3.05. The smallest absolute Gasteiger partial charge is 0.179 e. The van der Waals surface area contributed by atoms with Crippen LogP contribution in [0, 0.1) is 17.5 Å². The second kappa shape index (κ2) is 9.76. The van der Waals surface area contributed by atoms with Crippen LogP contribution in [0.1, 0.15) is 0 Å². The maximum Gasteiger partial charge on any atom is 0.179 e. The van der Waals surface area contributed by atoms with Gasteiger partial charge in [-0.15, -0.1) is 0 Å². The van der Waals surface area contributed by atoms with Crippen LogP contribution in [-0.2, 0) is 0 Å². The fraction of sp³-hybridized carbons (Fsp3) is 0. The highest BCUT2D eigenvalue weighted by Gasteiger charge is 2.41. The lowest BCUT2D eigenvalue weighted by molar-refractivity contribution is 0.628. The van der Waals surface area contributed by atoms with Gasteiger partial charge >= 0.3 is 0 Å². The van der Waals surface area contributed by atoms with Gasteiger partial charge in [-0.2, -0.15) is 0 Å². The van der Waals surface area contributed by atoms with Crippen molar-refractivity contribution < 1.29 is 13.2 Å². The fourth-order valence-electron chi connectivity index (χ4n) is 5.28. The number of nitrogens with zero attached hydrogens (tertiary/aromatic N) is 1. The van der Waals surface area contributed by atoms with Gasteiger partial charge in [0.2, 0.25) is 0 Å². The Morgan fingerprint density at radius 3 is 1.32 bits per heavy atom. The first-order valence-electron chi connectivity index (χ1n) is 12.3. The van der Waals surface area contributed by atoms with Crippen molar-refractivity contribution >= 4 is 39.6 Å². The van der Waals surface area contributed by atoms with Crippen molar-refractivity contribution in [2.45, 2.75) is 0 Å². The first-order valence-corrected chi connectivity index (χ1v) is 14.3. The number of rotatable bonds is 5. The topological polar surface area (TPSA) is 12.9 Å². The molecule has 38 heavy (non-hydrogen) atoms. The molecule has 0 fully saturated rings. The van der Waals surface area contributed by atoms with Gasteiger partial charge in [0, 0.05) is 17.8 Å². The van der Waals surface area contributed by atoms with Crippen LogP contribution in [-0.4, -0.2) is 13.1 Å². The highest BCUT2D eigenvalue weighted by atomic mass is 28.3. The zero-order valence-corrected chi connectivity index (χ0v) is 21.3. The minimum Gasteiger partial charge on any atom is -0.264 e. The molecular weight excluding hydrogens is 495 g/mol. The third-order valence-electron chi connectivity index (χ3n) is 7.12. The van der Waals surface area contributed by atoms with Crippen LogP contribution in [0.25, 0.3) is 21.9 Å². The quantitative estimate of drug-likeness (QED) is 0.211. The predicted molar refractivity (Wildman–Crippen MR) is 151 cm³/mol. The van der Waals surface area contributed by atoms with Crippen LogP contribution in [0.5, 0.6) is 0 Å².